The maximum atomic E-state index is 12.3. The molecule has 0 fully saturated rings. The van der Waals surface area contributed by atoms with Gasteiger partial charge in [-0.05, 0) is 12.3 Å². The second-order valence-electron chi connectivity index (χ2n) is 7.02. The Morgan fingerprint density at radius 2 is 1.92 bits per heavy atom. The third kappa shape index (κ3) is 5.98. The molecule has 0 aromatic carbocycles. The van der Waals surface area contributed by atoms with E-state index in [0.29, 0.717) is 5.16 Å². The Hall–Kier alpha value is -1.61. The first-order chi connectivity index (χ1) is 12.2. The quantitative estimate of drug-likeness (QED) is 0.521. The van der Waals surface area contributed by atoms with E-state index in [-0.39, 0.29) is 12.0 Å². The summed E-state index contributed by atoms with van der Waals surface area (Å²) >= 11 is 1.34. The highest BCUT2D eigenvalue weighted by Gasteiger charge is 2.30. The van der Waals surface area contributed by atoms with E-state index in [0.717, 1.165) is 31.6 Å². The van der Waals surface area contributed by atoms with Gasteiger partial charge in [-0.2, -0.15) is 0 Å². The highest BCUT2D eigenvalue weighted by molar-refractivity contribution is 8.00. The van der Waals surface area contributed by atoms with Crippen molar-refractivity contribution in [3.63, 3.8) is 0 Å². The number of unbranched alkanes of at least 4 members (excludes halogenated alkanes) is 1. The first-order valence-corrected chi connectivity index (χ1v) is 10.1. The Balaban J connectivity index is 3.18. The van der Waals surface area contributed by atoms with Gasteiger partial charge in [0.2, 0.25) is 5.91 Å². The molecule has 0 saturated carbocycles. The Morgan fingerprint density at radius 3 is 2.38 bits per heavy atom. The highest BCUT2D eigenvalue weighted by Crippen LogP contribution is 2.29. The number of aromatic nitrogens is 3. The van der Waals surface area contributed by atoms with Gasteiger partial charge in [0, 0.05) is 13.0 Å². The first-order valence-electron chi connectivity index (χ1n) is 9.22. The maximum absolute atomic E-state index is 12.3. The average Bonchev–Trinajstić information content (AvgIpc) is 2.92. The van der Waals surface area contributed by atoms with Gasteiger partial charge in [-0.25, -0.2) is 4.79 Å². The highest BCUT2D eigenvalue weighted by atomic mass is 32.2. The van der Waals surface area contributed by atoms with Crippen LogP contribution in [0.2, 0.25) is 0 Å². The molecule has 1 aromatic rings. The number of amides is 3. The number of rotatable bonds is 10. The molecular formula is C17H33N6O2S+. The molecule has 0 bridgehead atoms. The molecule has 3 amide bonds. The minimum absolute atomic E-state index is 0.0144. The van der Waals surface area contributed by atoms with E-state index in [2.05, 4.69) is 48.0 Å². The normalized spacial score (nSPS) is 13.8. The van der Waals surface area contributed by atoms with E-state index >= 15 is 0 Å². The zero-order valence-electron chi connectivity index (χ0n) is 16.7. The number of imide groups is 1. The van der Waals surface area contributed by atoms with E-state index < -0.39 is 17.2 Å². The minimum Gasteiger partial charge on any atom is -0.351 e. The molecule has 1 heterocycles. The summed E-state index contributed by atoms with van der Waals surface area (Å²) in [4.78, 5) is 24.7. The van der Waals surface area contributed by atoms with Gasteiger partial charge in [-0.3, -0.25) is 10.1 Å². The zero-order valence-corrected chi connectivity index (χ0v) is 17.5. The van der Waals surface area contributed by atoms with Crippen LogP contribution >= 0.6 is 11.8 Å². The number of hydrogen-bond acceptors (Lipinski definition) is 5. The van der Waals surface area contributed by atoms with Crippen molar-refractivity contribution in [2.24, 2.45) is 11.7 Å². The molecule has 0 aliphatic heterocycles. The van der Waals surface area contributed by atoms with Crippen LogP contribution in [0.3, 0.4) is 0 Å². The zero-order chi connectivity index (χ0) is 19.9. The number of quaternary nitrogens is 1. The Kier molecular flexibility index (Phi) is 9.07. The van der Waals surface area contributed by atoms with E-state index in [1.807, 2.05) is 13.8 Å². The van der Waals surface area contributed by atoms with Crippen molar-refractivity contribution in [3.05, 3.63) is 5.82 Å². The van der Waals surface area contributed by atoms with Crippen LogP contribution in [0.15, 0.2) is 5.16 Å². The summed E-state index contributed by atoms with van der Waals surface area (Å²) in [7, 11) is 4.22. The number of urea groups is 1. The lowest BCUT2D eigenvalue weighted by molar-refractivity contribution is -0.893. The topological polar surface area (TPSA) is 107 Å². The molecule has 148 valence electrons. The number of nitrogens with zero attached hydrogens (tertiary/aromatic N) is 3. The fourth-order valence-electron chi connectivity index (χ4n) is 2.82. The van der Waals surface area contributed by atoms with Crippen LogP contribution in [0.25, 0.3) is 0 Å². The predicted molar refractivity (Wildman–Crippen MR) is 103 cm³/mol. The van der Waals surface area contributed by atoms with Crippen LogP contribution in [0.1, 0.15) is 58.8 Å². The smallest absolute Gasteiger partial charge is 0.318 e. The van der Waals surface area contributed by atoms with Gasteiger partial charge in [0.15, 0.2) is 11.0 Å². The van der Waals surface area contributed by atoms with Crippen LogP contribution in [-0.4, -0.2) is 46.0 Å². The van der Waals surface area contributed by atoms with Crippen molar-refractivity contribution in [3.8, 4) is 0 Å². The molecule has 2 atom stereocenters. The Bertz CT molecular complexity index is 602. The second kappa shape index (κ2) is 10.5. The number of thioether (sulfide) groups is 1. The van der Waals surface area contributed by atoms with Crippen LogP contribution in [-0.2, 0) is 11.3 Å². The number of hydrogen-bond donors (Lipinski definition) is 3. The molecule has 0 unspecified atom stereocenters. The molecule has 0 radical (unpaired) electrons. The lowest BCUT2D eigenvalue weighted by Gasteiger charge is -2.22. The molecule has 4 N–H and O–H groups in total. The lowest BCUT2D eigenvalue weighted by atomic mass is 10.1. The van der Waals surface area contributed by atoms with Gasteiger partial charge < -0.3 is 15.2 Å². The molecule has 1 rings (SSSR count). The molecule has 0 aliphatic carbocycles. The molecule has 0 saturated heterocycles. The van der Waals surface area contributed by atoms with Crippen LogP contribution in [0.5, 0.6) is 0 Å². The number of nitrogens with one attached hydrogen (secondary N) is 2. The predicted octanol–water partition coefficient (Wildman–Crippen LogP) is 0.985. The summed E-state index contributed by atoms with van der Waals surface area (Å²) in [5.74, 6) is 0.566. The van der Waals surface area contributed by atoms with Crippen LogP contribution < -0.4 is 16.0 Å². The number of carbonyl (C=O) groups excluding carboxylic acids is 2. The van der Waals surface area contributed by atoms with Crippen molar-refractivity contribution >= 4 is 23.7 Å². The molecular weight excluding hydrogens is 352 g/mol. The first kappa shape index (κ1) is 22.4. The van der Waals surface area contributed by atoms with E-state index in [1.54, 1.807) is 0 Å². The summed E-state index contributed by atoms with van der Waals surface area (Å²) < 4.78 is 2.13. The lowest BCUT2D eigenvalue weighted by Crippen LogP contribution is -3.06. The van der Waals surface area contributed by atoms with Gasteiger partial charge in [0.1, 0.15) is 6.04 Å². The average molecular weight is 386 g/mol. The number of carbonyl (C=O) groups is 2. The molecule has 8 nitrogen and oxygen atoms in total. The minimum atomic E-state index is -0.836. The van der Waals surface area contributed by atoms with Crippen LogP contribution in [0, 0.1) is 5.92 Å². The van der Waals surface area contributed by atoms with Gasteiger partial charge in [-0.15, -0.1) is 10.2 Å². The molecule has 26 heavy (non-hydrogen) atoms. The van der Waals surface area contributed by atoms with Gasteiger partial charge in [0.25, 0.3) is 0 Å². The van der Waals surface area contributed by atoms with Crippen molar-refractivity contribution in [1.82, 2.24) is 20.1 Å². The third-order valence-electron chi connectivity index (χ3n) is 4.24. The monoisotopic (exact) mass is 385 g/mol. The number of nitrogens with two attached hydrogens (primary N) is 1. The SMILES string of the molecule is CCCCn1c(S[C@H](C(=O)NC(N)=O)C(C)C)nnc1[C@H](CC)[NH+](C)C. The summed E-state index contributed by atoms with van der Waals surface area (Å²) in [5, 5.41) is 11.2. The van der Waals surface area contributed by atoms with E-state index in [4.69, 9.17) is 5.73 Å². The third-order valence-corrected chi connectivity index (χ3v) is 5.77. The molecule has 9 heteroatoms. The standard InChI is InChI=1S/C17H32N6O2S/c1-7-9-10-23-14(12(8-2)22(5)6)20-21-17(23)26-13(11(3)4)15(24)19-16(18)25/h11-13H,7-10H2,1-6H3,(H3,18,19,24,25)/p+1/t12-,13-/m0/s1. The van der Waals surface area contributed by atoms with Crippen LogP contribution in [0.4, 0.5) is 4.79 Å². The second-order valence-corrected chi connectivity index (χ2v) is 8.13. The van der Waals surface area contributed by atoms with Gasteiger partial charge in [-0.1, -0.05) is 45.9 Å². The van der Waals surface area contributed by atoms with E-state index in [1.165, 1.54) is 16.7 Å². The summed E-state index contributed by atoms with van der Waals surface area (Å²) in [6.07, 6.45) is 3.02. The summed E-state index contributed by atoms with van der Waals surface area (Å²) in [6.45, 7) is 8.96. The maximum Gasteiger partial charge on any atom is 0.318 e. The van der Waals surface area contributed by atoms with Crippen molar-refractivity contribution in [2.75, 3.05) is 14.1 Å². The van der Waals surface area contributed by atoms with Gasteiger partial charge >= 0.3 is 6.03 Å². The molecule has 0 aliphatic rings. The van der Waals surface area contributed by atoms with E-state index in [9.17, 15) is 9.59 Å². The molecule has 0 spiro atoms. The fourth-order valence-corrected chi connectivity index (χ4v) is 3.88. The largest absolute Gasteiger partial charge is 0.351 e. The van der Waals surface area contributed by atoms with Gasteiger partial charge in [0.05, 0.1) is 19.3 Å². The van der Waals surface area contributed by atoms with Crippen molar-refractivity contribution in [1.29, 1.82) is 0 Å². The Morgan fingerprint density at radius 1 is 1.27 bits per heavy atom. The fraction of sp³-hybridized carbons (Fsp3) is 0.765. The summed E-state index contributed by atoms with van der Waals surface area (Å²) in [6, 6.07) is -0.595. The number of primary amides is 1. The van der Waals surface area contributed by atoms with Crippen molar-refractivity contribution < 1.29 is 14.5 Å². The summed E-state index contributed by atoms with van der Waals surface area (Å²) in [5.41, 5.74) is 5.10. The Labute approximate surface area is 160 Å². The molecule has 1 aromatic heterocycles. The van der Waals surface area contributed by atoms with Crippen molar-refractivity contribution in [2.45, 2.75) is 70.0 Å².